The Balaban J connectivity index is 1.69. The number of methoxy groups -OCH3 is 1. The summed E-state index contributed by atoms with van der Waals surface area (Å²) in [6, 6.07) is 5.29. The average Bonchev–Trinajstić information content (AvgIpc) is 2.91. The molecule has 9 heteroatoms. The van der Waals surface area contributed by atoms with Crippen molar-refractivity contribution < 1.29 is 14.3 Å². The third-order valence-corrected chi connectivity index (χ3v) is 6.07. The summed E-state index contributed by atoms with van der Waals surface area (Å²) < 4.78 is 5.40. The van der Waals surface area contributed by atoms with Gasteiger partial charge in [0.25, 0.3) is 0 Å². The Morgan fingerprint density at radius 2 is 2.03 bits per heavy atom. The van der Waals surface area contributed by atoms with E-state index >= 15 is 0 Å². The Hall–Kier alpha value is -3.36. The van der Waals surface area contributed by atoms with Gasteiger partial charge in [0.15, 0.2) is 5.82 Å². The molecule has 3 N–H and O–H groups in total. The number of ether oxygens (including phenoxy) is 1. The van der Waals surface area contributed by atoms with Crippen LogP contribution in [0.4, 0.5) is 23.1 Å². The number of fused-ring (bicyclic) bond motifs is 1. The number of anilines is 4. The Morgan fingerprint density at radius 1 is 1.26 bits per heavy atom. The van der Waals surface area contributed by atoms with E-state index in [0.717, 1.165) is 24.3 Å². The number of amides is 2. The molecule has 1 saturated carbocycles. The van der Waals surface area contributed by atoms with Gasteiger partial charge in [-0.25, -0.2) is 4.98 Å². The molecule has 1 aromatic heterocycles. The average molecular weight is 425 g/mol. The lowest BCUT2D eigenvalue weighted by Gasteiger charge is -2.35. The van der Waals surface area contributed by atoms with Crippen LogP contribution in [0.5, 0.6) is 5.75 Å². The molecule has 4 rings (SSSR count). The van der Waals surface area contributed by atoms with E-state index in [0.29, 0.717) is 42.0 Å². The second kappa shape index (κ2) is 8.79. The lowest BCUT2D eigenvalue weighted by atomic mass is 9.94. The van der Waals surface area contributed by atoms with E-state index < -0.39 is 5.91 Å². The zero-order valence-corrected chi connectivity index (χ0v) is 17.9. The number of benzene rings is 1. The van der Waals surface area contributed by atoms with Gasteiger partial charge in [-0.3, -0.25) is 9.59 Å². The zero-order valence-electron chi connectivity index (χ0n) is 17.9. The summed E-state index contributed by atoms with van der Waals surface area (Å²) in [5.74, 6) is 1.17. The topological polar surface area (TPSA) is 114 Å². The van der Waals surface area contributed by atoms with Crippen LogP contribution in [0.1, 0.15) is 48.9 Å². The molecule has 31 heavy (non-hydrogen) atoms. The summed E-state index contributed by atoms with van der Waals surface area (Å²) in [5.41, 5.74) is 7.06. The Kier molecular flexibility index (Phi) is 5.92. The van der Waals surface area contributed by atoms with Crippen LogP contribution in [-0.2, 0) is 4.79 Å². The van der Waals surface area contributed by atoms with Gasteiger partial charge in [0, 0.05) is 31.6 Å². The van der Waals surface area contributed by atoms with Gasteiger partial charge in [-0.05, 0) is 31.0 Å². The summed E-state index contributed by atoms with van der Waals surface area (Å²) in [6.45, 7) is 0.647. The van der Waals surface area contributed by atoms with Gasteiger partial charge in [0.1, 0.15) is 11.4 Å². The van der Waals surface area contributed by atoms with Crippen LogP contribution in [0.2, 0.25) is 0 Å². The molecule has 1 fully saturated rings. The monoisotopic (exact) mass is 424 g/mol. The molecule has 0 saturated heterocycles. The molecule has 9 nitrogen and oxygen atoms in total. The van der Waals surface area contributed by atoms with Gasteiger partial charge in [-0.2, -0.15) is 4.98 Å². The third kappa shape index (κ3) is 4.26. The molecule has 164 valence electrons. The number of carbonyl (C=O) groups excluding carboxylic acids is 2. The van der Waals surface area contributed by atoms with Gasteiger partial charge in [0.05, 0.1) is 19.0 Å². The molecule has 0 bridgehead atoms. The molecule has 1 aliphatic heterocycles. The number of hydrogen-bond acceptors (Lipinski definition) is 7. The van der Waals surface area contributed by atoms with Crippen LogP contribution >= 0.6 is 0 Å². The van der Waals surface area contributed by atoms with Crippen LogP contribution in [0.15, 0.2) is 24.4 Å². The van der Waals surface area contributed by atoms with Crippen molar-refractivity contribution in [2.45, 2.75) is 44.6 Å². The van der Waals surface area contributed by atoms with Crippen molar-refractivity contribution in [3.05, 3.63) is 30.0 Å². The molecule has 0 spiro atoms. The van der Waals surface area contributed by atoms with Crippen LogP contribution < -0.4 is 25.6 Å². The van der Waals surface area contributed by atoms with Gasteiger partial charge in [0.2, 0.25) is 17.8 Å². The standard InChI is InChI=1S/C22H28N6O3/c1-27-17-13-24-22(25-16-9-8-14(20(23)30)12-18(16)31-2)26-21(17)28(11-10-19(27)29)15-6-4-3-5-7-15/h8-9,12-13,15H,3-7,10-11H2,1-2H3,(H2,23,30)(H,24,25,26). The minimum absolute atomic E-state index is 0.0626. The number of carbonyl (C=O) groups is 2. The Bertz CT molecular complexity index is 989. The first-order chi connectivity index (χ1) is 15.0. The number of nitrogens with one attached hydrogen (secondary N) is 1. The number of nitrogens with zero attached hydrogens (tertiary/aromatic N) is 4. The van der Waals surface area contributed by atoms with Gasteiger partial charge >= 0.3 is 0 Å². The first-order valence-electron chi connectivity index (χ1n) is 10.6. The highest BCUT2D eigenvalue weighted by molar-refractivity contribution is 5.97. The summed E-state index contributed by atoms with van der Waals surface area (Å²) in [4.78, 5) is 37.1. The number of rotatable bonds is 5. The molecular formula is C22H28N6O3. The lowest BCUT2D eigenvalue weighted by Crippen LogP contribution is -2.38. The van der Waals surface area contributed by atoms with E-state index in [1.807, 2.05) is 0 Å². The molecule has 0 radical (unpaired) electrons. The SMILES string of the molecule is COc1cc(C(N)=O)ccc1Nc1ncc2c(n1)N(C1CCCCC1)CCC(=O)N2C. The molecular weight excluding hydrogens is 396 g/mol. The van der Waals surface area contributed by atoms with Gasteiger partial charge < -0.3 is 25.6 Å². The number of hydrogen-bond donors (Lipinski definition) is 2. The molecule has 2 aliphatic rings. The van der Waals surface area contributed by atoms with Gasteiger partial charge in [-0.15, -0.1) is 0 Å². The van der Waals surface area contributed by atoms with E-state index in [9.17, 15) is 9.59 Å². The van der Waals surface area contributed by atoms with Gasteiger partial charge in [-0.1, -0.05) is 19.3 Å². The molecule has 0 unspecified atom stereocenters. The first kappa shape index (κ1) is 20.9. The van der Waals surface area contributed by atoms with Crippen LogP contribution in [0.3, 0.4) is 0 Å². The quantitative estimate of drug-likeness (QED) is 0.759. The van der Waals surface area contributed by atoms with Crippen molar-refractivity contribution in [3.8, 4) is 5.75 Å². The summed E-state index contributed by atoms with van der Waals surface area (Å²) >= 11 is 0. The van der Waals surface area contributed by atoms with E-state index in [1.165, 1.54) is 26.4 Å². The fraction of sp³-hybridized carbons (Fsp3) is 0.455. The van der Waals surface area contributed by atoms with Crippen molar-refractivity contribution >= 4 is 35.0 Å². The fourth-order valence-electron chi connectivity index (χ4n) is 4.32. The summed E-state index contributed by atoms with van der Waals surface area (Å²) in [7, 11) is 3.29. The highest BCUT2D eigenvalue weighted by Crippen LogP contribution is 2.36. The van der Waals surface area contributed by atoms with Crippen molar-refractivity contribution in [1.29, 1.82) is 0 Å². The van der Waals surface area contributed by atoms with E-state index in [-0.39, 0.29) is 5.91 Å². The van der Waals surface area contributed by atoms with Crippen molar-refractivity contribution in [3.63, 3.8) is 0 Å². The summed E-state index contributed by atoms with van der Waals surface area (Å²) in [6.07, 6.45) is 8.00. The van der Waals surface area contributed by atoms with Crippen LogP contribution in [0, 0.1) is 0 Å². The molecule has 2 amide bonds. The maximum Gasteiger partial charge on any atom is 0.248 e. The second-order valence-electron chi connectivity index (χ2n) is 7.99. The van der Waals surface area contributed by atoms with Crippen molar-refractivity contribution in [2.75, 3.05) is 35.8 Å². The molecule has 0 atom stereocenters. The minimum atomic E-state index is -0.526. The largest absolute Gasteiger partial charge is 0.495 e. The Labute approximate surface area is 181 Å². The highest BCUT2D eigenvalue weighted by Gasteiger charge is 2.31. The predicted molar refractivity (Wildman–Crippen MR) is 119 cm³/mol. The molecule has 2 aromatic rings. The van der Waals surface area contributed by atoms with Crippen molar-refractivity contribution in [1.82, 2.24) is 9.97 Å². The Morgan fingerprint density at radius 3 is 2.74 bits per heavy atom. The molecule has 1 aromatic carbocycles. The summed E-state index contributed by atoms with van der Waals surface area (Å²) in [5, 5.41) is 3.18. The van der Waals surface area contributed by atoms with Crippen molar-refractivity contribution in [2.24, 2.45) is 5.73 Å². The first-order valence-corrected chi connectivity index (χ1v) is 10.6. The van der Waals surface area contributed by atoms with E-state index in [4.69, 9.17) is 15.5 Å². The van der Waals surface area contributed by atoms with Crippen LogP contribution in [0.25, 0.3) is 0 Å². The number of aromatic nitrogens is 2. The minimum Gasteiger partial charge on any atom is -0.495 e. The lowest BCUT2D eigenvalue weighted by molar-refractivity contribution is -0.118. The predicted octanol–water partition coefficient (Wildman–Crippen LogP) is 2.83. The zero-order chi connectivity index (χ0) is 22.0. The normalized spacial score (nSPS) is 17.2. The van der Waals surface area contributed by atoms with E-state index in [2.05, 4.69) is 15.2 Å². The second-order valence-corrected chi connectivity index (χ2v) is 7.99. The maximum absolute atomic E-state index is 12.5. The fourth-order valence-corrected chi connectivity index (χ4v) is 4.32. The third-order valence-electron chi connectivity index (χ3n) is 6.07. The number of nitrogens with two attached hydrogens (primary N) is 1. The molecule has 2 heterocycles. The number of primary amides is 1. The van der Waals surface area contributed by atoms with E-state index in [1.54, 1.807) is 36.3 Å². The molecule has 1 aliphatic carbocycles. The maximum atomic E-state index is 12.5. The smallest absolute Gasteiger partial charge is 0.248 e. The highest BCUT2D eigenvalue weighted by atomic mass is 16.5. The van der Waals surface area contributed by atoms with Crippen LogP contribution in [-0.4, -0.2) is 48.5 Å².